The topological polar surface area (TPSA) is 92.0 Å². The van der Waals surface area contributed by atoms with Crippen LogP contribution in [0.1, 0.15) is 23.4 Å². The van der Waals surface area contributed by atoms with Crippen molar-refractivity contribution in [3.05, 3.63) is 60.6 Å². The monoisotopic (exact) mass is 475 g/mol. The van der Waals surface area contributed by atoms with Crippen LogP contribution in [-0.4, -0.2) is 78.2 Å². The molecular formula is C26H29N5O4. The third-order valence-corrected chi connectivity index (χ3v) is 6.51. The highest BCUT2D eigenvalue weighted by molar-refractivity contribution is 5.94. The van der Waals surface area contributed by atoms with E-state index in [-0.39, 0.29) is 24.1 Å². The minimum Gasteiger partial charge on any atom is -0.497 e. The van der Waals surface area contributed by atoms with Crippen LogP contribution < -0.4 is 9.64 Å². The number of hydrogen-bond donors (Lipinski definition) is 0. The van der Waals surface area contributed by atoms with Crippen molar-refractivity contribution >= 4 is 17.6 Å². The van der Waals surface area contributed by atoms with Gasteiger partial charge in [-0.25, -0.2) is 0 Å². The number of aromatic nitrogens is 2. The van der Waals surface area contributed by atoms with E-state index < -0.39 is 0 Å². The van der Waals surface area contributed by atoms with Crippen LogP contribution in [0.5, 0.6) is 5.75 Å². The van der Waals surface area contributed by atoms with Gasteiger partial charge in [-0.2, -0.15) is 0 Å². The number of ether oxygens (including phenoxy) is 1. The number of nitrogens with zero attached hydrogens (tertiary/aromatic N) is 5. The quantitative estimate of drug-likeness (QED) is 0.495. The molecule has 1 aliphatic heterocycles. The Labute approximate surface area is 204 Å². The molecule has 9 nitrogen and oxygen atoms in total. The van der Waals surface area contributed by atoms with Gasteiger partial charge in [-0.1, -0.05) is 0 Å². The number of methoxy groups -OCH3 is 1. The molecule has 1 saturated carbocycles. The first kappa shape index (κ1) is 22.9. The maximum Gasteiger partial charge on any atom is 0.290 e. The predicted molar refractivity (Wildman–Crippen MR) is 130 cm³/mol. The molecule has 5 rings (SSSR count). The third kappa shape index (κ3) is 5.45. The largest absolute Gasteiger partial charge is 0.497 e. The van der Waals surface area contributed by atoms with E-state index in [1.165, 1.54) is 6.26 Å². The summed E-state index contributed by atoms with van der Waals surface area (Å²) in [6.45, 7) is 3.15. The first-order valence-corrected chi connectivity index (χ1v) is 11.9. The fourth-order valence-electron chi connectivity index (χ4n) is 4.25. The highest BCUT2D eigenvalue weighted by Crippen LogP contribution is 2.30. The van der Waals surface area contributed by atoms with E-state index in [1.807, 2.05) is 41.3 Å². The van der Waals surface area contributed by atoms with E-state index in [1.54, 1.807) is 24.1 Å². The molecule has 3 heterocycles. The Morgan fingerprint density at radius 3 is 2.40 bits per heavy atom. The summed E-state index contributed by atoms with van der Waals surface area (Å²) in [7, 11) is 1.64. The van der Waals surface area contributed by atoms with Gasteiger partial charge in [0.25, 0.3) is 5.91 Å². The predicted octanol–water partition coefficient (Wildman–Crippen LogP) is 2.95. The van der Waals surface area contributed by atoms with Crippen LogP contribution >= 0.6 is 0 Å². The van der Waals surface area contributed by atoms with E-state index in [0.29, 0.717) is 38.6 Å². The maximum atomic E-state index is 13.0. The number of amides is 2. The van der Waals surface area contributed by atoms with E-state index >= 15 is 0 Å². The van der Waals surface area contributed by atoms with Crippen LogP contribution in [0, 0.1) is 5.92 Å². The zero-order valence-corrected chi connectivity index (χ0v) is 19.8. The van der Waals surface area contributed by atoms with Gasteiger partial charge in [0.15, 0.2) is 11.6 Å². The van der Waals surface area contributed by atoms with E-state index in [4.69, 9.17) is 9.15 Å². The average Bonchev–Trinajstić information content (AvgIpc) is 3.56. The number of benzene rings is 1. The number of piperazine rings is 1. The van der Waals surface area contributed by atoms with Crippen molar-refractivity contribution in [1.29, 1.82) is 0 Å². The summed E-state index contributed by atoms with van der Waals surface area (Å²) in [4.78, 5) is 31.4. The first-order valence-electron chi connectivity index (χ1n) is 11.9. The van der Waals surface area contributed by atoms with Gasteiger partial charge < -0.3 is 23.9 Å². The van der Waals surface area contributed by atoms with Crippen molar-refractivity contribution in [3.8, 4) is 17.0 Å². The summed E-state index contributed by atoms with van der Waals surface area (Å²) in [5.41, 5.74) is 1.77. The Balaban J connectivity index is 1.16. The van der Waals surface area contributed by atoms with Crippen molar-refractivity contribution in [2.45, 2.75) is 12.8 Å². The van der Waals surface area contributed by atoms with Crippen LogP contribution in [0.25, 0.3) is 11.3 Å². The molecule has 9 heteroatoms. The van der Waals surface area contributed by atoms with Gasteiger partial charge in [-0.3, -0.25) is 9.59 Å². The molecule has 0 bridgehead atoms. The molecule has 0 atom stereocenters. The van der Waals surface area contributed by atoms with Crippen LogP contribution in [-0.2, 0) is 4.79 Å². The van der Waals surface area contributed by atoms with Gasteiger partial charge in [-0.05, 0) is 67.3 Å². The number of carbonyl (C=O) groups is 2. The zero-order chi connectivity index (χ0) is 24.2. The number of carbonyl (C=O) groups excluding carboxylic acids is 2. The smallest absolute Gasteiger partial charge is 0.290 e. The number of anilines is 1. The number of hydrogen-bond acceptors (Lipinski definition) is 7. The standard InChI is InChI=1S/C26H29N5O4/c1-34-21-8-6-20(7-9-21)22-10-11-24(28-27-22)29-12-14-30(15-13-29)25(32)18-31(17-19-4-5-19)26(33)23-3-2-16-35-23/h2-3,6-11,16,19H,4-5,12-15,17-18H2,1H3. The molecule has 182 valence electrons. The lowest BCUT2D eigenvalue weighted by Crippen LogP contribution is -2.52. The van der Waals surface area contributed by atoms with Crippen LogP contribution in [0.15, 0.2) is 59.2 Å². The molecule has 2 fully saturated rings. The lowest BCUT2D eigenvalue weighted by Gasteiger charge is -2.36. The molecular weight excluding hydrogens is 446 g/mol. The van der Waals surface area contributed by atoms with Crippen molar-refractivity contribution in [1.82, 2.24) is 20.0 Å². The van der Waals surface area contributed by atoms with Gasteiger partial charge in [0.05, 0.1) is 19.1 Å². The first-order chi connectivity index (χ1) is 17.1. The fraction of sp³-hybridized carbons (Fsp3) is 0.385. The Hall–Kier alpha value is -3.88. The fourth-order valence-corrected chi connectivity index (χ4v) is 4.25. The SMILES string of the molecule is COc1ccc(-c2ccc(N3CCN(C(=O)CN(CC4CC4)C(=O)c4ccco4)CC3)nn2)cc1. The molecule has 2 aliphatic rings. The maximum absolute atomic E-state index is 13.0. The molecule has 1 saturated heterocycles. The Morgan fingerprint density at radius 1 is 1.03 bits per heavy atom. The molecule has 35 heavy (non-hydrogen) atoms. The third-order valence-electron chi connectivity index (χ3n) is 6.51. The summed E-state index contributed by atoms with van der Waals surface area (Å²) in [6, 6.07) is 15.0. The lowest BCUT2D eigenvalue weighted by atomic mass is 10.1. The highest BCUT2D eigenvalue weighted by atomic mass is 16.5. The van der Waals surface area contributed by atoms with Crippen LogP contribution in [0.4, 0.5) is 5.82 Å². The van der Waals surface area contributed by atoms with E-state index in [0.717, 1.165) is 35.7 Å². The summed E-state index contributed by atoms with van der Waals surface area (Å²) in [5, 5.41) is 8.79. The summed E-state index contributed by atoms with van der Waals surface area (Å²) >= 11 is 0. The Bertz CT molecular complexity index is 1140. The number of rotatable bonds is 8. The van der Waals surface area contributed by atoms with Gasteiger partial charge >= 0.3 is 0 Å². The lowest BCUT2D eigenvalue weighted by molar-refractivity contribution is -0.132. The molecule has 0 N–H and O–H groups in total. The average molecular weight is 476 g/mol. The summed E-state index contributed by atoms with van der Waals surface area (Å²) < 4.78 is 10.5. The summed E-state index contributed by atoms with van der Waals surface area (Å²) in [5.74, 6) is 2.09. The van der Waals surface area contributed by atoms with Crippen molar-refractivity contribution in [3.63, 3.8) is 0 Å². The Kier molecular flexibility index (Phi) is 6.65. The van der Waals surface area contributed by atoms with Crippen molar-refractivity contribution < 1.29 is 18.7 Å². The number of furan rings is 1. The van der Waals surface area contributed by atoms with Crippen molar-refractivity contribution in [2.75, 3.05) is 51.3 Å². The minimum atomic E-state index is -0.221. The molecule has 1 aromatic carbocycles. The highest BCUT2D eigenvalue weighted by Gasteiger charge is 2.31. The van der Waals surface area contributed by atoms with Gasteiger partial charge in [0.1, 0.15) is 12.3 Å². The molecule has 0 spiro atoms. The van der Waals surface area contributed by atoms with E-state index in [9.17, 15) is 9.59 Å². The van der Waals surface area contributed by atoms with Gasteiger partial charge in [0.2, 0.25) is 5.91 Å². The Morgan fingerprint density at radius 2 is 1.80 bits per heavy atom. The second kappa shape index (κ2) is 10.2. The normalized spacial score (nSPS) is 15.7. The van der Waals surface area contributed by atoms with Crippen LogP contribution in [0.3, 0.4) is 0 Å². The zero-order valence-electron chi connectivity index (χ0n) is 19.8. The van der Waals surface area contributed by atoms with Gasteiger partial charge in [0, 0.05) is 38.3 Å². The minimum absolute atomic E-state index is 0.0360. The van der Waals surface area contributed by atoms with Crippen LogP contribution in [0.2, 0.25) is 0 Å². The van der Waals surface area contributed by atoms with E-state index in [2.05, 4.69) is 15.1 Å². The molecule has 1 aliphatic carbocycles. The molecule has 2 aromatic heterocycles. The van der Waals surface area contributed by atoms with Gasteiger partial charge in [-0.15, -0.1) is 10.2 Å². The molecule has 0 unspecified atom stereocenters. The summed E-state index contributed by atoms with van der Waals surface area (Å²) in [6.07, 6.45) is 3.69. The second-order valence-electron chi connectivity index (χ2n) is 8.98. The van der Waals surface area contributed by atoms with Crippen molar-refractivity contribution in [2.24, 2.45) is 5.92 Å². The molecule has 2 amide bonds. The molecule has 3 aromatic rings. The second-order valence-corrected chi connectivity index (χ2v) is 8.98. The molecule has 0 radical (unpaired) electrons.